The van der Waals surface area contributed by atoms with Gasteiger partial charge in [0.25, 0.3) is 0 Å². The summed E-state index contributed by atoms with van der Waals surface area (Å²) in [5, 5.41) is 14.7. The van der Waals surface area contributed by atoms with Crippen molar-refractivity contribution in [1.29, 1.82) is 0 Å². The molecule has 222 valence electrons. The largest absolute Gasteiger partial charge is 0.481 e. The van der Waals surface area contributed by atoms with Gasteiger partial charge in [-0.1, -0.05) is 78.9 Å². The van der Waals surface area contributed by atoms with E-state index in [9.17, 15) is 14.4 Å². The maximum Gasteiger partial charge on any atom is 0.407 e. The van der Waals surface area contributed by atoms with E-state index in [1.54, 1.807) is 11.8 Å². The van der Waals surface area contributed by atoms with Crippen LogP contribution in [0.2, 0.25) is 0 Å². The first-order valence-corrected chi connectivity index (χ1v) is 15.5. The number of thioether (sulfide) groups is 1. The molecule has 1 aliphatic carbocycles. The molecule has 0 saturated carbocycles. The van der Waals surface area contributed by atoms with Crippen molar-refractivity contribution in [3.05, 3.63) is 95.6 Å². The number of hydrogen-bond donors (Lipinski definition) is 3. The molecular weight excluding hydrogens is 552 g/mol. The summed E-state index contributed by atoms with van der Waals surface area (Å²) in [7, 11) is 0. The van der Waals surface area contributed by atoms with Gasteiger partial charge in [0.15, 0.2) is 0 Å². The molecule has 42 heavy (non-hydrogen) atoms. The highest BCUT2D eigenvalue weighted by Crippen LogP contribution is 2.44. The zero-order valence-corrected chi connectivity index (χ0v) is 24.4. The molecule has 3 aromatic rings. The van der Waals surface area contributed by atoms with Crippen molar-refractivity contribution in [2.45, 2.75) is 50.7 Å². The molecule has 0 aliphatic heterocycles. The van der Waals surface area contributed by atoms with Crippen LogP contribution in [0.1, 0.15) is 54.7 Å². The first kappa shape index (κ1) is 31.0. The maximum atomic E-state index is 12.9. The summed E-state index contributed by atoms with van der Waals surface area (Å²) in [6.45, 7) is 0.933. The predicted molar refractivity (Wildman–Crippen MR) is 165 cm³/mol. The van der Waals surface area contributed by atoms with Crippen LogP contribution in [0.3, 0.4) is 0 Å². The van der Waals surface area contributed by atoms with Gasteiger partial charge in [0.05, 0.1) is 0 Å². The number of fused-ring (bicyclic) bond motifs is 3. The van der Waals surface area contributed by atoms with E-state index in [2.05, 4.69) is 34.9 Å². The smallest absolute Gasteiger partial charge is 0.407 e. The number of carboxylic acids is 1. The molecule has 4 rings (SSSR count). The molecule has 1 aliphatic rings. The Labute approximate surface area is 251 Å². The molecule has 0 spiro atoms. The molecule has 8 nitrogen and oxygen atoms in total. The molecule has 3 N–H and O–H groups in total. The van der Waals surface area contributed by atoms with Crippen LogP contribution < -0.4 is 10.6 Å². The molecular formula is C33H38N2O6S. The van der Waals surface area contributed by atoms with Gasteiger partial charge in [0.2, 0.25) is 0 Å². The van der Waals surface area contributed by atoms with Crippen LogP contribution in [0.5, 0.6) is 0 Å². The summed E-state index contributed by atoms with van der Waals surface area (Å²) < 4.78 is 11.0. The Morgan fingerprint density at radius 3 is 2.17 bits per heavy atom. The van der Waals surface area contributed by atoms with E-state index in [-0.39, 0.29) is 31.6 Å². The molecule has 1 unspecified atom stereocenters. The lowest BCUT2D eigenvalue weighted by atomic mass is 9.98. The Morgan fingerprint density at radius 2 is 1.48 bits per heavy atom. The predicted octanol–water partition coefficient (Wildman–Crippen LogP) is 6.59. The lowest BCUT2D eigenvalue weighted by Crippen LogP contribution is -2.38. The van der Waals surface area contributed by atoms with E-state index >= 15 is 0 Å². The number of rotatable bonds is 16. The second-order valence-corrected chi connectivity index (χ2v) is 11.4. The number of alkyl carbamates (subject to hydrolysis) is 2. The van der Waals surface area contributed by atoms with Crippen LogP contribution in [0.15, 0.2) is 78.9 Å². The monoisotopic (exact) mass is 590 g/mol. The molecule has 0 bridgehead atoms. The first-order chi connectivity index (χ1) is 20.5. The van der Waals surface area contributed by atoms with Gasteiger partial charge in [-0.25, -0.2) is 9.59 Å². The summed E-state index contributed by atoms with van der Waals surface area (Å²) in [6.07, 6.45) is 2.00. The van der Waals surface area contributed by atoms with Crippen molar-refractivity contribution in [2.24, 2.45) is 0 Å². The molecule has 1 atom stereocenters. The van der Waals surface area contributed by atoms with Crippen molar-refractivity contribution < 1.29 is 29.0 Å². The summed E-state index contributed by atoms with van der Waals surface area (Å²) >= 11 is 1.62. The number of nitrogens with one attached hydrogen (secondary N) is 2. The molecule has 9 heteroatoms. The van der Waals surface area contributed by atoms with Gasteiger partial charge in [0.1, 0.15) is 13.2 Å². The Balaban J connectivity index is 1.22. The average Bonchev–Trinajstić information content (AvgIpc) is 3.32. The fourth-order valence-corrected chi connectivity index (χ4v) is 6.08. The summed E-state index contributed by atoms with van der Waals surface area (Å²) in [5.41, 5.74) is 5.60. The normalized spacial score (nSPS) is 12.6. The molecule has 0 aromatic heterocycles. The minimum absolute atomic E-state index is 0.0142. The Morgan fingerprint density at radius 1 is 0.810 bits per heavy atom. The molecule has 3 aromatic carbocycles. The van der Waals surface area contributed by atoms with Gasteiger partial charge >= 0.3 is 18.2 Å². The molecule has 2 amide bonds. The lowest BCUT2D eigenvalue weighted by molar-refractivity contribution is -0.137. The minimum atomic E-state index is -0.807. The maximum absolute atomic E-state index is 12.9. The number of amides is 2. The van der Waals surface area contributed by atoms with Crippen LogP contribution in [-0.4, -0.2) is 54.0 Å². The second kappa shape index (κ2) is 16.5. The van der Waals surface area contributed by atoms with Gasteiger partial charge in [-0.05, 0) is 59.3 Å². The van der Waals surface area contributed by atoms with Gasteiger partial charge < -0.3 is 25.2 Å². The lowest BCUT2D eigenvalue weighted by Gasteiger charge is -2.20. The van der Waals surface area contributed by atoms with Crippen LogP contribution in [0.4, 0.5) is 9.59 Å². The van der Waals surface area contributed by atoms with E-state index in [4.69, 9.17) is 14.6 Å². The Bertz CT molecular complexity index is 1270. The number of benzene rings is 3. The third-order valence-corrected chi connectivity index (χ3v) is 8.34. The van der Waals surface area contributed by atoms with Crippen molar-refractivity contribution in [3.8, 4) is 11.1 Å². The Hall–Kier alpha value is -3.98. The standard InChI is InChI=1S/C33H38N2O6S/c36-31(37)18-10-20-42-23-25(13-8-9-19-34-32(38)40-21-24-11-2-1-3-12-24)35-33(39)41-22-30-28-16-6-4-14-26(28)27-15-5-7-17-29(27)30/h1-7,11-12,14-17,25,30H,8-10,13,18-23H2,(H,34,38)(H,35,39)(H,36,37). The highest BCUT2D eigenvalue weighted by Gasteiger charge is 2.29. The highest BCUT2D eigenvalue weighted by atomic mass is 32.2. The van der Waals surface area contributed by atoms with Crippen LogP contribution in [-0.2, 0) is 20.9 Å². The van der Waals surface area contributed by atoms with E-state index in [1.807, 2.05) is 54.6 Å². The molecule has 0 saturated heterocycles. The van der Waals surface area contributed by atoms with Crippen molar-refractivity contribution >= 4 is 29.9 Å². The summed E-state index contributed by atoms with van der Waals surface area (Å²) in [5.74, 6) is 0.527. The minimum Gasteiger partial charge on any atom is -0.481 e. The fourth-order valence-electron chi connectivity index (χ4n) is 5.04. The Kier molecular flexibility index (Phi) is 12.1. The number of carbonyl (C=O) groups excluding carboxylic acids is 2. The number of carboxylic acid groups (broad SMARTS) is 1. The third kappa shape index (κ3) is 9.55. The zero-order chi connectivity index (χ0) is 29.6. The van der Waals surface area contributed by atoms with Gasteiger partial charge in [0, 0.05) is 30.7 Å². The second-order valence-electron chi connectivity index (χ2n) is 10.2. The van der Waals surface area contributed by atoms with Gasteiger partial charge in [-0.2, -0.15) is 11.8 Å². The van der Waals surface area contributed by atoms with Gasteiger partial charge in [-0.3, -0.25) is 4.79 Å². The third-order valence-electron chi connectivity index (χ3n) is 7.13. The quantitative estimate of drug-likeness (QED) is 0.161. The number of carbonyl (C=O) groups is 3. The molecule has 0 fully saturated rings. The van der Waals surface area contributed by atoms with Crippen molar-refractivity contribution in [1.82, 2.24) is 10.6 Å². The number of aliphatic carboxylic acids is 1. The summed E-state index contributed by atoms with van der Waals surface area (Å²) in [6, 6.07) is 25.8. The average molecular weight is 591 g/mol. The van der Waals surface area contributed by atoms with Crippen LogP contribution >= 0.6 is 11.8 Å². The van der Waals surface area contributed by atoms with Gasteiger partial charge in [-0.15, -0.1) is 0 Å². The SMILES string of the molecule is O=C(O)CCCSCC(CCCCNC(=O)OCc1ccccc1)NC(=O)OCC1c2ccccc2-c2ccccc21. The fraction of sp³-hybridized carbons (Fsp3) is 0.364. The highest BCUT2D eigenvalue weighted by molar-refractivity contribution is 7.99. The van der Waals surface area contributed by atoms with Crippen LogP contribution in [0, 0.1) is 0 Å². The van der Waals surface area contributed by atoms with E-state index < -0.39 is 18.2 Å². The molecule has 0 heterocycles. The van der Waals surface area contributed by atoms with E-state index in [0.717, 1.165) is 29.5 Å². The number of unbranched alkanes of at least 4 members (excludes halogenated alkanes) is 1. The molecule has 0 radical (unpaired) electrons. The number of hydrogen-bond acceptors (Lipinski definition) is 6. The zero-order valence-electron chi connectivity index (χ0n) is 23.6. The van der Waals surface area contributed by atoms with Crippen LogP contribution in [0.25, 0.3) is 11.1 Å². The first-order valence-electron chi connectivity index (χ1n) is 14.4. The topological polar surface area (TPSA) is 114 Å². The van der Waals surface area contributed by atoms with Crippen molar-refractivity contribution in [2.75, 3.05) is 24.7 Å². The summed E-state index contributed by atoms with van der Waals surface area (Å²) in [4.78, 5) is 35.7. The van der Waals surface area contributed by atoms with Crippen molar-refractivity contribution in [3.63, 3.8) is 0 Å². The van der Waals surface area contributed by atoms with E-state index in [1.165, 1.54) is 11.1 Å². The van der Waals surface area contributed by atoms with E-state index in [0.29, 0.717) is 30.9 Å². The number of ether oxygens (including phenoxy) is 2.